The van der Waals surface area contributed by atoms with Crippen LogP contribution < -0.4 is 5.32 Å². The Morgan fingerprint density at radius 1 is 1.44 bits per heavy atom. The highest BCUT2D eigenvalue weighted by atomic mass is 16.6. The molecule has 1 fully saturated rings. The third-order valence-corrected chi connectivity index (χ3v) is 2.81. The average molecular weight is 228 g/mol. The Labute approximate surface area is 98.3 Å². The van der Waals surface area contributed by atoms with Gasteiger partial charge in [-0.1, -0.05) is 6.92 Å². The van der Waals surface area contributed by atoms with Crippen molar-refractivity contribution in [1.29, 1.82) is 0 Å². The van der Waals surface area contributed by atoms with E-state index < -0.39 is 5.60 Å². The van der Waals surface area contributed by atoms with Crippen LogP contribution in [0.4, 0.5) is 4.79 Å². The number of carbonyl (C=O) groups excluding carboxylic acids is 1. The standard InChI is InChI=1S/C12H24N2O2/c1-9-8-14(5)7-6-10(9)13-11(15)16-12(2,3)4/h9-10H,6-8H2,1-5H3,(H,13,15). The number of likely N-dealkylation sites (tertiary alicyclic amines) is 1. The molecule has 0 aromatic heterocycles. The highest BCUT2D eigenvalue weighted by Crippen LogP contribution is 2.16. The van der Waals surface area contributed by atoms with E-state index in [1.54, 1.807) is 0 Å². The first-order chi connectivity index (χ1) is 7.28. The van der Waals surface area contributed by atoms with E-state index in [9.17, 15) is 4.79 Å². The summed E-state index contributed by atoms with van der Waals surface area (Å²) in [5, 5.41) is 2.96. The summed E-state index contributed by atoms with van der Waals surface area (Å²) in [5.41, 5.74) is -0.418. The topological polar surface area (TPSA) is 41.6 Å². The van der Waals surface area contributed by atoms with E-state index in [0.29, 0.717) is 5.92 Å². The van der Waals surface area contributed by atoms with E-state index in [4.69, 9.17) is 4.74 Å². The van der Waals surface area contributed by atoms with Crippen LogP contribution in [0.1, 0.15) is 34.1 Å². The minimum absolute atomic E-state index is 0.242. The second-order valence-corrected chi connectivity index (χ2v) is 5.78. The fraction of sp³-hybridized carbons (Fsp3) is 0.917. The maximum atomic E-state index is 11.6. The highest BCUT2D eigenvalue weighted by molar-refractivity contribution is 5.68. The number of alkyl carbamates (subject to hydrolysis) is 1. The maximum Gasteiger partial charge on any atom is 0.407 e. The van der Waals surface area contributed by atoms with Gasteiger partial charge < -0.3 is 15.0 Å². The van der Waals surface area contributed by atoms with Crippen LogP contribution >= 0.6 is 0 Å². The van der Waals surface area contributed by atoms with Gasteiger partial charge in [-0.05, 0) is 46.7 Å². The van der Waals surface area contributed by atoms with Crippen LogP contribution in [0.15, 0.2) is 0 Å². The van der Waals surface area contributed by atoms with Gasteiger partial charge in [0, 0.05) is 12.6 Å². The Morgan fingerprint density at radius 2 is 2.06 bits per heavy atom. The van der Waals surface area contributed by atoms with Crippen molar-refractivity contribution in [2.24, 2.45) is 5.92 Å². The molecule has 0 spiro atoms. The molecule has 4 heteroatoms. The Kier molecular flexibility index (Phi) is 4.19. The van der Waals surface area contributed by atoms with Gasteiger partial charge in [-0.15, -0.1) is 0 Å². The Hall–Kier alpha value is -0.770. The Balaban J connectivity index is 2.39. The molecular weight excluding hydrogens is 204 g/mol. The maximum absolute atomic E-state index is 11.6. The lowest BCUT2D eigenvalue weighted by Crippen LogP contribution is -2.49. The van der Waals surface area contributed by atoms with Crippen LogP contribution in [0.3, 0.4) is 0 Å². The van der Waals surface area contributed by atoms with Crippen LogP contribution in [-0.4, -0.2) is 42.8 Å². The first kappa shape index (κ1) is 13.3. The molecule has 0 aromatic rings. The highest BCUT2D eigenvalue weighted by Gasteiger charge is 2.27. The molecule has 0 radical (unpaired) electrons. The van der Waals surface area contributed by atoms with Gasteiger partial charge in [0.05, 0.1) is 0 Å². The summed E-state index contributed by atoms with van der Waals surface area (Å²) in [5.74, 6) is 0.478. The van der Waals surface area contributed by atoms with E-state index in [2.05, 4.69) is 24.2 Å². The molecule has 1 heterocycles. The monoisotopic (exact) mass is 228 g/mol. The molecule has 2 atom stereocenters. The zero-order valence-corrected chi connectivity index (χ0v) is 11.0. The second kappa shape index (κ2) is 5.04. The molecule has 1 aliphatic rings. The van der Waals surface area contributed by atoms with E-state index in [-0.39, 0.29) is 12.1 Å². The number of nitrogens with one attached hydrogen (secondary N) is 1. The molecule has 1 aliphatic heterocycles. The fourth-order valence-corrected chi connectivity index (χ4v) is 2.03. The van der Waals surface area contributed by atoms with Gasteiger partial charge in [-0.25, -0.2) is 4.79 Å². The van der Waals surface area contributed by atoms with Gasteiger partial charge in [-0.3, -0.25) is 0 Å². The zero-order valence-electron chi connectivity index (χ0n) is 11.0. The predicted molar refractivity (Wildman–Crippen MR) is 64.4 cm³/mol. The molecule has 1 rings (SSSR count). The molecule has 4 nitrogen and oxygen atoms in total. The lowest BCUT2D eigenvalue weighted by Gasteiger charge is -2.35. The van der Waals surface area contributed by atoms with E-state index in [0.717, 1.165) is 19.5 Å². The number of rotatable bonds is 1. The van der Waals surface area contributed by atoms with Crippen LogP contribution in [0.5, 0.6) is 0 Å². The van der Waals surface area contributed by atoms with Crippen molar-refractivity contribution in [3.63, 3.8) is 0 Å². The average Bonchev–Trinajstić information content (AvgIpc) is 2.06. The molecule has 2 unspecified atom stereocenters. The second-order valence-electron chi connectivity index (χ2n) is 5.78. The number of piperidine rings is 1. The van der Waals surface area contributed by atoms with Crippen molar-refractivity contribution in [3.8, 4) is 0 Å². The van der Waals surface area contributed by atoms with Crippen LogP contribution in [0.2, 0.25) is 0 Å². The summed E-state index contributed by atoms with van der Waals surface area (Å²) < 4.78 is 5.25. The first-order valence-electron chi connectivity index (χ1n) is 5.96. The van der Waals surface area contributed by atoms with E-state index >= 15 is 0 Å². The van der Waals surface area contributed by atoms with E-state index in [1.165, 1.54) is 0 Å². The van der Waals surface area contributed by atoms with Gasteiger partial charge in [0.1, 0.15) is 5.60 Å². The largest absolute Gasteiger partial charge is 0.444 e. The molecule has 0 aromatic carbocycles. The van der Waals surface area contributed by atoms with Gasteiger partial charge in [0.25, 0.3) is 0 Å². The molecule has 16 heavy (non-hydrogen) atoms. The summed E-state index contributed by atoms with van der Waals surface area (Å²) in [4.78, 5) is 13.9. The molecule has 0 aliphatic carbocycles. The molecule has 0 bridgehead atoms. The van der Waals surface area contributed by atoms with Crippen molar-refractivity contribution >= 4 is 6.09 Å². The summed E-state index contributed by atoms with van der Waals surface area (Å²) in [7, 11) is 2.11. The minimum atomic E-state index is -0.418. The number of nitrogens with zero attached hydrogens (tertiary/aromatic N) is 1. The Morgan fingerprint density at radius 3 is 2.56 bits per heavy atom. The van der Waals surface area contributed by atoms with Crippen molar-refractivity contribution in [1.82, 2.24) is 10.2 Å². The molecule has 1 amide bonds. The molecular formula is C12H24N2O2. The quantitative estimate of drug-likeness (QED) is 0.744. The number of carbonyl (C=O) groups is 1. The third kappa shape index (κ3) is 4.39. The van der Waals surface area contributed by atoms with Crippen LogP contribution in [-0.2, 0) is 4.74 Å². The fourth-order valence-electron chi connectivity index (χ4n) is 2.03. The smallest absolute Gasteiger partial charge is 0.407 e. The van der Waals surface area contributed by atoms with Crippen molar-refractivity contribution in [2.75, 3.05) is 20.1 Å². The van der Waals surface area contributed by atoms with Gasteiger partial charge in [0.15, 0.2) is 0 Å². The van der Waals surface area contributed by atoms with E-state index in [1.807, 2.05) is 20.8 Å². The molecule has 1 saturated heterocycles. The first-order valence-corrected chi connectivity index (χ1v) is 5.96. The zero-order chi connectivity index (χ0) is 12.3. The van der Waals surface area contributed by atoms with Gasteiger partial charge >= 0.3 is 6.09 Å². The number of amides is 1. The van der Waals surface area contributed by atoms with Crippen LogP contribution in [0, 0.1) is 5.92 Å². The normalized spacial score (nSPS) is 27.6. The van der Waals surface area contributed by atoms with Crippen molar-refractivity contribution in [3.05, 3.63) is 0 Å². The van der Waals surface area contributed by atoms with Crippen molar-refractivity contribution in [2.45, 2.75) is 45.8 Å². The predicted octanol–water partition coefficient (Wildman–Crippen LogP) is 1.85. The number of hydrogen-bond donors (Lipinski definition) is 1. The minimum Gasteiger partial charge on any atom is -0.444 e. The molecule has 94 valence electrons. The van der Waals surface area contributed by atoms with Gasteiger partial charge in [-0.2, -0.15) is 0 Å². The third-order valence-electron chi connectivity index (χ3n) is 2.81. The summed E-state index contributed by atoms with van der Waals surface area (Å²) in [6.07, 6.45) is 0.700. The number of ether oxygens (including phenoxy) is 1. The summed E-state index contributed by atoms with van der Waals surface area (Å²) in [6.45, 7) is 9.86. The van der Waals surface area contributed by atoms with Crippen LogP contribution in [0.25, 0.3) is 0 Å². The van der Waals surface area contributed by atoms with Gasteiger partial charge in [0.2, 0.25) is 0 Å². The molecule has 0 saturated carbocycles. The lowest BCUT2D eigenvalue weighted by molar-refractivity contribution is 0.0453. The SMILES string of the molecule is CC1CN(C)CCC1NC(=O)OC(C)(C)C. The summed E-state index contributed by atoms with van der Waals surface area (Å²) in [6, 6.07) is 0.242. The molecule has 1 N–H and O–H groups in total. The number of hydrogen-bond acceptors (Lipinski definition) is 3. The Bertz CT molecular complexity index is 248. The van der Waals surface area contributed by atoms with Crippen molar-refractivity contribution < 1.29 is 9.53 Å². The lowest BCUT2D eigenvalue weighted by atomic mass is 9.94. The summed E-state index contributed by atoms with van der Waals surface area (Å²) >= 11 is 0.